The van der Waals surface area contributed by atoms with Crippen molar-refractivity contribution in [2.75, 3.05) is 17.4 Å². The normalized spacial score (nSPS) is 12.0. The number of aryl methyl sites for hydroxylation is 1. The van der Waals surface area contributed by atoms with Gasteiger partial charge in [-0.15, -0.1) is 0 Å². The van der Waals surface area contributed by atoms with Crippen LogP contribution in [0.15, 0.2) is 83.8 Å². The van der Waals surface area contributed by atoms with Gasteiger partial charge >= 0.3 is 0 Å². The van der Waals surface area contributed by atoms with Crippen molar-refractivity contribution in [3.05, 3.63) is 100 Å². The molecule has 1 atom stereocenters. The first-order valence-electron chi connectivity index (χ1n) is 13.4. The molecule has 0 saturated carbocycles. The quantitative estimate of drug-likeness (QED) is 0.231. The number of nitrogens with zero attached hydrogens (tertiary/aromatic N) is 3. The van der Waals surface area contributed by atoms with Crippen LogP contribution in [0.4, 0.5) is 11.4 Å². The van der Waals surface area contributed by atoms with Crippen molar-refractivity contribution in [1.82, 2.24) is 10.2 Å². The van der Waals surface area contributed by atoms with E-state index in [2.05, 4.69) is 5.32 Å². The van der Waals surface area contributed by atoms with Gasteiger partial charge in [-0.2, -0.15) is 0 Å². The summed E-state index contributed by atoms with van der Waals surface area (Å²) in [6.45, 7) is 7.57. The maximum atomic E-state index is 14.0. The van der Waals surface area contributed by atoms with Gasteiger partial charge < -0.3 is 10.2 Å². The van der Waals surface area contributed by atoms with Gasteiger partial charge in [-0.25, -0.2) is 8.42 Å². The largest absolute Gasteiger partial charge is 0.354 e. The summed E-state index contributed by atoms with van der Waals surface area (Å²) < 4.78 is 28.5. The zero-order chi connectivity index (χ0) is 30.2. The molecule has 2 amide bonds. The smallest absolute Gasteiger partial charge is 0.269 e. The van der Waals surface area contributed by atoms with Crippen LogP contribution < -0.4 is 9.62 Å². The molecule has 0 unspecified atom stereocenters. The molecule has 0 radical (unpaired) electrons. The summed E-state index contributed by atoms with van der Waals surface area (Å²) in [6.07, 6.45) is 0.310. The van der Waals surface area contributed by atoms with E-state index in [0.29, 0.717) is 13.0 Å². The Balaban J connectivity index is 2.05. The van der Waals surface area contributed by atoms with E-state index in [1.807, 2.05) is 45.0 Å². The number of hydrogen-bond acceptors (Lipinski definition) is 6. The fraction of sp³-hybridized carbons (Fsp3) is 0.333. The van der Waals surface area contributed by atoms with Crippen LogP contribution in [0.25, 0.3) is 0 Å². The minimum atomic E-state index is -4.25. The van der Waals surface area contributed by atoms with Crippen molar-refractivity contribution in [2.24, 2.45) is 5.92 Å². The number of carbonyl (C=O) groups excluding carboxylic acids is 2. The lowest BCUT2D eigenvalue weighted by Crippen LogP contribution is -2.52. The second kappa shape index (κ2) is 13.9. The summed E-state index contributed by atoms with van der Waals surface area (Å²) in [4.78, 5) is 39.2. The van der Waals surface area contributed by atoms with Crippen LogP contribution in [0.2, 0.25) is 0 Å². The number of amides is 2. The van der Waals surface area contributed by atoms with E-state index in [1.165, 1.54) is 41.3 Å². The fourth-order valence-corrected chi connectivity index (χ4v) is 5.66. The van der Waals surface area contributed by atoms with Gasteiger partial charge in [0.1, 0.15) is 12.6 Å². The molecule has 0 aliphatic carbocycles. The van der Waals surface area contributed by atoms with Crippen LogP contribution in [-0.2, 0) is 26.2 Å². The Kier molecular flexibility index (Phi) is 10.6. The molecule has 3 rings (SSSR count). The van der Waals surface area contributed by atoms with Crippen molar-refractivity contribution < 1.29 is 22.9 Å². The molecular weight excluding hydrogens is 544 g/mol. The third-order valence-corrected chi connectivity index (χ3v) is 8.29. The minimum absolute atomic E-state index is 0.0436. The number of nitrogens with one attached hydrogen (secondary N) is 1. The van der Waals surface area contributed by atoms with Gasteiger partial charge in [-0.1, -0.05) is 68.8 Å². The first kappa shape index (κ1) is 31.3. The van der Waals surface area contributed by atoms with Crippen molar-refractivity contribution >= 4 is 33.2 Å². The lowest BCUT2D eigenvalue weighted by molar-refractivity contribution is -0.384. The van der Waals surface area contributed by atoms with Crippen molar-refractivity contribution in [3.8, 4) is 0 Å². The molecule has 11 heteroatoms. The Morgan fingerprint density at radius 1 is 0.951 bits per heavy atom. The molecule has 0 heterocycles. The topological polar surface area (TPSA) is 130 Å². The van der Waals surface area contributed by atoms with Gasteiger partial charge in [0.05, 0.1) is 15.5 Å². The number of non-ortho nitro benzene ring substituents is 1. The zero-order valence-corrected chi connectivity index (χ0v) is 24.5. The maximum Gasteiger partial charge on any atom is 0.269 e. The number of sulfonamides is 1. The summed E-state index contributed by atoms with van der Waals surface area (Å²) in [5.41, 5.74) is 1.69. The molecule has 0 bridgehead atoms. The van der Waals surface area contributed by atoms with E-state index < -0.39 is 33.4 Å². The number of benzene rings is 3. The van der Waals surface area contributed by atoms with Gasteiger partial charge in [0.15, 0.2) is 0 Å². The molecular formula is C30H36N4O6S. The molecule has 0 aliphatic heterocycles. The van der Waals surface area contributed by atoms with Gasteiger partial charge in [0.25, 0.3) is 15.7 Å². The van der Waals surface area contributed by atoms with E-state index in [4.69, 9.17) is 0 Å². The molecule has 0 saturated heterocycles. The molecule has 0 fully saturated rings. The van der Waals surface area contributed by atoms with E-state index in [-0.39, 0.29) is 34.6 Å². The highest BCUT2D eigenvalue weighted by molar-refractivity contribution is 7.92. The van der Waals surface area contributed by atoms with E-state index in [0.717, 1.165) is 15.4 Å². The molecule has 41 heavy (non-hydrogen) atoms. The summed E-state index contributed by atoms with van der Waals surface area (Å²) in [7, 11) is -4.25. The van der Waals surface area contributed by atoms with Crippen LogP contribution in [0, 0.1) is 23.0 Å². The number of nitro groups is 1. The summed E-state index contributed by atoms with van der Waals surface area (Å²) >= 11 is 0. The first-order valence-corrected chi connectivity index (χ1v) is 14.8. The predicted octanol–water partition coefficient (Wildman–Crippen LogP) is 4.68. The van der Waals surface area contributed by atoms with Gasteiger partial charge in [0, 0.05) is 25.2 Å². The fourth-order valence-electron chi connectivity index (χ4n) is 4.22. The number of hydrogen-bond donors (Lipinski definition) is 1. The molecule has 0 aromatic heterocycles. The SMILES string of the molecule is CC[C@@H](C(=O)NCC(C)C)N(Cc1ccc(C)cc1)C(=O)CN(c1ccc([N+](=O)[O-])cc1)S(=O)(=O)c1ccccc1. The third-order valence-electron chi connectivity index (χ3n) is 6.50. The van der Waals surface area contributed by atoms with Gasteiger partial charge in [0.2, 0.25) is 11.8 Å². The van der Waals surface area contributed by atoms with Crippen LogP contribution in [0.3, 0.4) is 0 Å². The highest BCUT2D eigenvalue weighted by Gasteiger charge is 2.33. The Bertz CT molecular complexity index is 1440. The van der Waals surface area contributed by atoms with Crippen molar-refractivity contribution in [1.29, 1.82) is 0 Å². The van der Waals surface area contributed by atoms with Crippen LogP contribution >= 0.6 is 0 Å². The van der Waals surface area contributed by atoms with E-state index in [1.54, 1.807) is 25.1 Å². The van der Waals surface area contributed by atoms with E-state index in [9.17, 15) is 28.1 Å². The Morgan fingerprint density at radius 2 is 1.56 bits per heavy atom. The summed E-state index contributed by atoms with van der Waals surface area (Å²) in [5.74, 6) is -0.712. The Hall–Kier alpha value is -4.25. The highest BCUT2D eigenvalue weighted by Crippen LogP contribution is 2.26. The molecule has 218 valence electrons. The average Bonchev–Trinajstić information content (AvgIpc) is 2.96. The standard InChI is InChI=1S/C30H36N4O6S/c1-5-28(30(36)31-19-22(2)3)32(20-24-13-11-23(4)12-14-24)29(35)21-33(25-15-17-26(18-16-25)34(37)38)41(39,40)27-9-7-6-8-10-27/h6-18,22,28H,5,19-21H2,1-4H3,(H,31,36)/t28-/m0/s1. The monoisotopic (exact) mass is 580 g/mol. The third kappa shape index (κ3) is 8.14. The Labute approximate surface area is 241 Å². The predicted molar refractivity (Wildman–Crippen MR) is 158 cm³/mol. The summed E-state index contributed by atoms with van der Waals surface area (Å²) in [6, 6.07) is 19.3. The first-order chi connectivity index (χ1) is 19.4. The van der Waals surface area contributed by atoms with Crippen LogP contribution in [-0.4, -0.2) is 49.2 Å². The van der Waals surface area contributed by atoms with Crippen molar-refractivity contribution in [2.45, 2.75) is 51.6 Å². The van der Waals surface area contributed by atoms with Gasteiger partial charge in [-0.3, -0.25) is 24.0 Å². The molecule has 3 aromatic rings. The van der Waals surface area contributed by atoms with Crippen LogP contribution in [0.1, 0.15) is 38.3 Å². The molecule has 0 spiro atoms. The molecule has 0 aliphatic rings. The lowest BCUT2D eigenvalue weighted by atomic mass is 10.1. The second-order valence-electron chi connectivity index (χ2n) is 10.2. The zero-order valence-electron chi connectivity index (χ0n) is 23.7. The number of anilines is 1. The van der Waals surface area contributed by atoms with Gasteiger partial charge in [-0.05, 0) is 49.1 Å². The average molecular weight is 581 g/mol. The molecule has 3 aromatic carbocycles. The number of carbonyl (C=O) groups is 2. The van der Waals surface area contributed by atoms with E-state index >= 15 is 0 Å². The lowest BCUT2D eigenvalue weighted by Gasteiger charge is -2.33. The summed E-state index contributed by atoms with van der Waals surface area (Å²) in [5, 5.41) is 14.1. The van der Waals surface area contributed by atoms with Crippen LogP contribution in [0.5, 0.6) is 0 Å². The molecule has 10 nitrogen and oxygen atoms in total. The second-order valence-corrected chi connectivity index (χ2v) is 12.0. The van der Waals surface area contributed by atoms with Crippen molar-refractivity contribution in [3.63, 3.8) is 0 Å². The highest BCUT2D eigenvalue weighted by atomic mass is 32.2. The number of rotatable bonds is 13. The number of nitro benzene ring substituents is 1. The maximum absolute atomic E-state index is 14.0. The molecule has 1 N–H and O–H groups in total. The minimum Gasteiger partial charge on any atom is -0.354 e. The Morgan fingerprint density at radius 3 is 2.10 bits per heavy atom.